The fraction of sp³-hybridized carbons (Fsp3) is 0.447. The normalized spacial score (nSPS) is 20.7. The van der Waals surface area contributed by atoms with Crippen molar-refractivity contribution in [1.29, 1.82) is 0 Å². The molecular formula is C38H47ClN8O3. The molecule has 4 aromatic rings. The van der Waals surface area contributed by atoms with Gasteiger partial charge in [-0.05, 0) is 79.9 Å². The maximum absolute atomic E-state index is 14.1. The molecule has 7 rings (SSSR count). The largest absolute Gasteiger partial charge is 0.496 e. The van der Waals surface area contributed by atoms with Gasteiger partial charge in [-0.3, -0.25) is 4.79 Å². The lowest BCUT2D eigenvalue weighted by Gasteiger charge is -2.33. The standard InChI is InChI=1S/C38H46N8O3.ClH/c1-3-49-25-24-46-34-13-8-7-12-32(34)40-37(46)44-19-9-18-43(22-23-44)20-16-38(30-10-5-4-6-11-30)17-21-45(28-38)36(47)31-26-29(14-15-35(31)48-2)33-27-39-42-41-33;/h4-8,10-15,26-27,33H,3,9,16-25,28H2,1-2H3;1H. The first-order valence-electron chi connectivity index (χ1n) is 17.5. The fourth-order valence-corrected chi connectivity index (χ4v) is 7.62. The molecular weight excluding hydrogens is 652 g/mol. The van der Waals surface area contributed by atoms with Crippen molar-refractivity contribution in [3.8, 4) is 5.75 Å². The molecule has 1 amide bonds. The van der Waals surface area contributed by atoms with Crippen LogP contribution in [0.5, 0.6) is 5.75 Å². The number of benzene rings is 3. The van der Waals surface area contributed by atoms with Gasteiger partial charge in [0.15, 0.2) is 0 Å². The molecule has 2 unspecified atom stereocenters. The number of hydrogen-bond donors (Lipinski definition) is 0. The third-order valence-electron chi connectivity index (χ3n) is 10.3. The maximum atomic E-state index is 14.1. The van der Waals surface area contributed by atoms with E-state index in [9.17, 15) is 4.79 Å². The minimum atomic E-state index is -0.279. The van der Waals surface area contributed by atoms with Crippen LogP contribution in [0.3, 0.4) is 0 Å². The van der Waals surface area contributed by atoms with E-state index < -0.39 is 0 Å². The van der Waals surface area contributed by atoms with E-state index in [0.29, 0.717) is 37.6 Å². The number of nitrogens with zero attached hydrogens (tertiary/aromatic N) is 8. The molecule has 0 spiro atoms. The molecule has 3 aromatic carbocycles. The molecule has 2 fully saturated rings. The van der Waals surface area contributed by atoms with Crippen molar-refractivity contribution in [3.63, 3.8) is 0 Å². The first-order chi connectivity index (χ1) is 24.1. The number of halogens is 1. The number of anilines is 1. The highest BCUT2D eigenvalue weighted by Gasteiger charge is 2.42. The summed E-state index contributed by atoms with van der Waals surface area (Å²) >= 11 is 0. The van der Waals surface area contributed by atoms with E-state index in [0.717, 1.165) is 81.1 Å². The molecule has 0 radical (unpaired) electrons. The summed E-state index contributed by atoms with van der Waals surface area (Å²) in [6.45, 7) is 10.4. The first-order valence-corrected chi connectivity index (χ1v) is 17.5. The van der Waals surface area contributed by atoms with Gasteiger partial charge >= 0.3 is 0 Å². The second kappa shape index (κ2) is 16.1. The molecule has 0 N–H and O–H groups in total. The number of carbonyl (C=O) groups excluding carboxylic acids is 1. The number of methoxy groups -OCH3 is 1. The van der Waals surface area contributed by atoms with Crippen molar-refractivity contribution >= 4 is 41.5 Å². The number of amides is 1. The van der Waals surface area contributed by atoms with E-state index in [2.05, 4.69) is 84.4 Å². The molecule has 4 heterocycles. The number of likely N-dealkylation sites (tertiary alicyclic amines) is 1. The van der Waals surface area contributed by atoms with Crippen LogP contribution in [-0.2, 0) is 16.7 Å². The first kappa shape index (κ1) is 35.5. The average molecular weight is 699 g/mol. The summed E-state index contributed by atoms with van der Waals surface area (Å²) in [5.74, 6) is 1.59. The SMILES string of the molecule is CCOCCn1c(N2CCCN(CCC3(c4ccccc4)CCN(C(=O)c4cc(C5C=NN=N5)ccc4OC)C3)CC2)nc2ccccc21.Cl. The molecule has 3 aliphatic rings. The van der Waals surface area contributed by atoms with E-state index in [4.69, 9.17) is 14.5 Å². The molecule has 264 valence electrons. The Balaban J connectivity index is 0.00000432. The average Bonchev–Trinajstić information content (AvgIpc) is 3.88. The summed E-state index contributed by atoms with van der Waals surface area (Å²) < 4.78 is 13.7. The highest BCUT2D eigenvalue weighted by Crippen LogP contribution is 2.40. The van der Waals surface area contributed by atoms with Crippen LogP contribution in [0, 0.1) is 0 Å². The van der Waals surface area contributed by atoms with Crippen LogP contribution < -0.4 is 9.64 Å². The zero-order valence-electron chi connectivity index (χ0n) is 29.0. The zero-order valence-corrected chi connectivity index (χ0v) is 29.8. The summed E-state index contributed by atoms with van der Waals surface area (Å²) in [5.41, 5.74) is 4.79. The number of imidazole rings is 1. The Morgan fingerprint density at radius 3 is 2.60 bits per heavy atom. The quantitative estimate of drug-likeness (QED) is 0.159. The van der Waals surface area contributed by atoms with Crippen LogP contribution in [0.2, 0.25) is 0 Å². The molecule has 2 saturated heterocycles. The summed E-state index contributed by atoms with van der Waals surface area (Å²) in [5, 5.41) is 11.8. The molecule has 3 aliphatic heterocycles. The van der Waals surface area contributed by atoms with Gasteiger partial charge in [-0.2, -0.15) is 5.11 Å². The van der Waals surface area contributed by atoms with Crippen molar-refractivity contribution in [2.75, 3.05) is 71.0 Å². The van der Waals surface area contributed by atoms with Gasteiger partial charge in [0.2, 0.25) is 5.95 Å². The van der Waals surface area contributed by atoms with Crippen LogP contribution >= 0.6 is 12.4 Å². The molecule has 12 heteroatoms. The maximum Gasteiger partial charge on any atom is 0.257 e. The Morgan fingerprint density at radius 1 is 0.960 bits per heavy atom. The van der Waals surface area contributed by atoms with Crippen LogP contribution in [0.4, 0.5) is 5.95 Å². The van der Waals surface area contributed by atoms with Gasteiger partial charge in [0.1, 0.15) is 11.8 Å². The smallest absolute Gasteiger partial charge is 0.257 e. The fourth-order valence-electron chi connectivity index (χ4n) is 7.62. The Bertz CT molecular complexity index is 1800. The lowest BCUT2D eigenvalue weighted by atomic mass is 9.76. The Hall–Kier alpha value is -4.32. The van der Waals surface area contributed by atoms with E-state index in [1.54, 1.807) is 13.3 Å². The van der Waals surface area contributed by atoms with Crippen molar-refractivity contribution in [3.05, 3.63) is 89.5 Å². The molecule has 0 saturated carbocycles. The van der Waals surface area contributed by atoms with Crippen molar-refractivity contribution in [2.24, 2.45) is 15.4 Å². The number of para-hydroxylation sites is 2. The monoisotopic (exact) mass is 698 g/mol. The number of rotatable bonds is 12. The van der Waals surface area contributed by atoms with E-state index in [1.807, 2.05) is 30.0 Å². The Kier molecular flexibility index (Phi) is 11.5. The lowest BCUT2D eigenvalue weighted by Crippen LogP contribution is -2.39. The molecule has 0 bridgehead atoms. The summed E-state index contributed by atoms with van der Waals surface area (Å²) in [6, 6.07) is 24.6. The van der Waals surface area contributed by atoms with Gasteiger partial charge < -0.3 is 28.7 Å². The topological polar surface area (TPSA) is 100 Å². The Morgan fingerprint density at radius 2 is 1.80 bits per heavy atom. The van der Waals surface area contributed by atoms with Crippen LogP contribution in [0.15, 0.2) is 88.2 Å². The van der Waals surface area contributed by atoms with Crippen molar-refractivity contribution in [2.45, 2.75) is 44.2 Å². The Labute approximate surface area is 300 Å². The van der Waals surface area contributed by atoms with Gasteiger partial charge in [0.05, 0.1) is 36.5 Å². The van der Waals surface area contributed by atoms with Crippen LogP contribution in [0.25, 0.3) is 11.0 Å². The van der Waals surface area contributed by atoms with Gasteiger partial charge in [0.25, 0.3) is 5.91 Å². The molecule has 11 nitrogen and oxygen atoms in total. The highest BCUT2D eigenvalue weighted by atomic mass is 35.5. The van der Waals surface area contributed by atoms with Gasteiger partial charge in [0, 0.05) is 51.3 Å². The van der Waals surface area contributed by atoms with Crippen LogP contribution in [-0.4, -0.2) is 97.6 Å². The van der Waals surface area contributed by atoms with Crippen molar-refractivity contribution in [1.82, 2.24) is 19.4 Å². The number of ether oxygens (including phenoxy) is 2. The predicted molar refractivity (Wildman–Crippen MR) is 199 cm³/mol. The van der Waals surface area contributed by atoms with Gasteiger partial charge in [-0.15, -0.1) is 17.5 Å². The zero-order chi connectivity index (χ0) is 33.6. The second-order valence-electron chi connectivity index (χ2n) is 13.2. The van der Waals surface area contributed by atoms with Gasteiger partial charge in [-0.25, -0.2) is 4.98 Å². The van der Waals surface area contributed by atoms with E-state index >= 15 is 0 Å². The number of carbonyl (C=O) groups is 1. The third kappa shape index (κ3) is 7.40. The summed E-state index contributed by atoms with van der Waals surface area (Å²) in [4.78, 5) is 26.3. The molecule has 50 heavy (non-hydrogen) atoms. The molecule has 1 aromatic heterocycles. The molecule has 2 atom stereocenters. The third-order valence-corrected chi connectivity index (χ3v) is 10.3. The summed E-state index contributed by atoms with van der Waals surface area (Å²) in [6.07, 6.45) is 4.65. The minimum Gasteiger partial charge on any atom is -0.496 e. The minimum absolute atomic E-state index is 0. The number of fused-ring (bicyclic) bond motifs is 1. The van der Waals surface area contributed by atoms with Crippen LogP contribution in [0.1, 0.15) is 53.7 Å². The molecule has 0 aliphatic carbocycles. The van der Waals surface area contributed by atoms with Crippen molar-refractivity contribution < 1.29 is 14.3 Å². The second-order valence-corrected chi connectivity index (χ2v) is 13.2. The van der Waals surface area contributed by atoms with E-state index in [-0.39, 0.29) is 29.8 Å². The predicted octanol–water partition coefficient (Wildman–Crippen LogP) is 6.38. The lowest BCUT2D eigenvalue weighted by molar-refractivity contribution is 0.0777. The number of hydrogen-bond acceptors (Lipinski definition) is 9. The number of aromatic nitrogens is 2. The highest BCUT2D eigenvalue weighted by molar-refractivity contribution is 5.97. The summed E-state index contributed by atoms with van der Waals surface area (Å²) in [7, 11) is 1.61. The van der Waals surface area contributed by atoms with E-state index in [1.165, 1.54) is 5.56 Å². The van der Waals surface area contributed by atoms with Gasteiger partial charge in [-0.1, -0.05) is 48.5 Å².